The maximum Gasteiger partial charge on any atom is 0.249 e. The maximum absolute atomic E-state index is 5.99. The number of nitrogen functional groups attached to an aromatic ring is 1. The van der Waals surface area contributed by atoms with Gasteiger partial charge in [0.15, 0.2) is 5.69 Å². The number of rotatable bonds is 4. The lowest BCUT2D eigenvalue weighted by Gasteiger charge is -2.10. The van der Waals surface area contributed by atoms with Crippen LogP contribution in [0, 0.1) is 0 Å². The Balaban J connectivity index is 2.30. The molecule has 0 atom stereocenters. The van der Waals surface area contributed by atoms with Gasteiger partial charge < -0.3 is 15.2 Å². The van der Waals surface area contributed by atoms with Crippen molar-refractivity contribution in [3.8, 4) is 17.5 Å². The summed E-state index contributed by atoms with van der Waals surface area (Å²) in [6, 6.07) is 7.06. The monoisotopic (exact) mass is 265 g/mol. The summed E-state index contributed by atoms with van der Waals surface area (Å²) in [5.74, 6) is 1.00. The highest BCUT2D eigenvalue weighted by molar-refractivity contribution is 6.32. The summed E-state index contributed by atoms with van der Waals surface area (Å²) < 4.78 is 10.8. The third kappa shape index (κ3) is 2.62. The quantitative estimate of drug-likeness (QED) is 0.920. The molecule has 0 amide bonds. The highest BCUT2D eigenvalue weighted by Gasteiger charge is 2.12. The van der Waals surface area contributed by atoms with Gasteiger partial charge >= 0.3 is 0 Å². The van der Waals surface area contributed by atoms with Crippen LogP contribution in [0.4, 0.5) is 5.69 Å². The normalized spacial score (nSPS) is 10.1. The zero-order chi connectivity index (χ0) is 13.0. The van der Waals surface area contributed by atoms with E-state index in [1.807, 2.05) is 19.1 Å². The predicted octanol–water partition coefficient (Wildman–Crippen LogP) is 2.90. The van der Waals surface area contributed by atoms with Crippen LogP contribution in [0.25, 0.3) is 0 Å². The molecule has 2 aromatic rings. The molecule has 0 fully saturated rings. The van der Waals surface area contributed by atoms with Crippen molar-refractivity contribution in [2.24, 2.45) is 0 Å². The molecule has 0 unspecified atom stereocenters. The van der Waals surface area contributed by atoms with Crippen molar-refractivity contribution in [3.63, 3.8) is 0 Å². The van der Waals surface area contributed by atoms with Crippen LogP contribution in [0.3, 0.4) is 0 Å². The smallest absolute Gasteiger partial charge is 0.249 e. The molecule has 5 nitrogen and oxygen atoms in total. The first-order chi connectivity index (χ1) is 8.72. The lowest BCUT2D eigenvalue weighted by molar-refractivity contribution is 0.325. The number of halogens is 1. The molecule has 0 aliphatic carbocycles. The van der Waals surface area contributed by atoms with Gasteiger partial charge in [0.2, 0.25) is 11.8 Å². The van der Waals surface area contributed by atoms with Crippen molar-refractivity contribution >= 4 is 17.3 Å². The Morgan fingerprint density at radius 3 is 2.67 bits per heavy atom. The zero-order valence-electron chi connectivity index (χ0n) is 9.76. The van der Waals surface area contributed by atoms with Gasteiger partial charge in [0, 0.05) is 0 Å². The van der Waals surface area contributed by atoms with Crippen LogP contribution in [-0.4, -0.2) is 16.6 Å². The SMILES string of the molecule is CCOc1ncnc(Oc2ccccc2Cl)c1N. The lowest BCUT2D eigenvalue weighted by atomic mass is 10.3. The number of anilines is 1. The Bertz CT molecular complexity index is 549. The largest absolute Gasteiger partial charge is 0.476 e. The molecule has 0 bridgehead atoms. The van der Waals surface area contributed by atoms with Gasteiger partial charge in [-0.3, -0.25) is 0 Å². The van der Waals surface area contributed by atoms with E-state index in [0.29, 0.717) is 23.3 Å². The Kier molecular flexibility index (Phi) is 3.84. The summed E-state index contributed by atoms with van der Waals surface area (Å²) in [4.78, 5) is 7.88. The Morgan fingerprint density at radius 1 is 1.22 bits per heavy atom. The summed E-state index contributed by atoms with van der Waals surface area (Å²) in [6.45, 7) is 2.31. The average molecular weight is 266 g/mol. The van der Waals surface area contributed by atoms with E-state index in [-0.39, 0.29) is 11.6 Å². The summed E-state index contributed by atoms with van der Waals surface area (Å²) >= 11 is 5.99. The van der Waals surface area contributed by atoms with Gasteiger partial charge in [0.1, 0.15) is 12.1 Å². The van der Waals surface area contributed by atoms with E-state index in [1.165, 1.54) is 6.33 Å². The summed E-state index contributed by atoms with van der Waals surface area (Å²) in [7, 11) is 0. The van der Waals surface area contributed by atoms with E-state index >= 15 is 0 Å². The standard InChI is InChI=1S/C12H12ClN3O2/c1-2-17-11-10(14)12(16-7-15-11)18-9-6-4-3-5-8(9)13/h3-7H,2,14H2,1H3. The predicted molar refractivity (Wildman–Crippen MR) is 69.1 cm³/mol. The molecule has 2 N–H and O–H groups in total. The van der Waals surface area contributed by atoms with Crippen LogP contribution in [-0.2, 0) is 0 Å². The molecule has 0 aliphatic rings. The Labute approximate surface area is 110 Å². The third-order valence-electron chi connectivity index (χ3n) is 2.14. The molecular weight excluding hydrogens is 254 g/mol. The number of aromatic nitrogens is 2. The van der Waals surface area contributed by atoms with Gasteiger partial charge in [0.05, 0.1) is 11.6 Å². The minimum absolute atomic E-state index is 0.224. The fourth-order valence-electron chi connectivity index (χ4n) is 1.33. The van der Waals surface area contributed by atoms with Crippen molar-refractivity contribution in [3.05, 3.63) is 35.6 Å². The number of nitrogens with zero attached hydrogens (tertiary/aromatic N) is 2. The second-order valence-electron chi connectivity index (χ2n) is 3.36. The molecule has 6 heteroatoms. The number of benzene rings is 1. The van der Waals surface area contributed by atoms with Crippen LogP contribution in [0.15, 0.2) is 30.6 Å². The molecule has 1 heterocycles. The number of para-hydroxylation sites is 1. The highest BCUT2D eigenvalue weighted by Crippen LogP contribution is 2.33. The summed E-state index contributed by atoms with van der Waals surface area (Å²) in [5, 5.41) is 0.480. The van der Waals surface area contributed by atoms with E-state index in [9.17, 15) is 0 Å². The molecule has 0 spiro atoms. The first kappa shape index (κ1) is 12.4. The van der Waals surface area contributed by atoms with Crippen molar-refractivity contribution in [2.75, 3.05) is 12.3 Å². The Hall–Kier alpha value is -2.01. The van der Waals surface area contributed by atoms with Crippen molar-refractivity contribution in [2.45, 2.75) is 6.92 Å². The molecule has 0 aliphatic heterocycles. The van der Waals surface area contributed by atoms with Crippen LogP contribution in [0.2, 0.25) is 5.02 Å². The second-order valence-corrected chi connectivity index (χ2v) is 3.77. The molecule has 1 aromatic heterocycles. The van der Waals surface area contributed by atoms with E-state index in [1.54, 1.807) is 12.1 Å². The molecule has 0 saturated carbocycles. The van der Waals surface area contributed by atoms with Crippen molar-refractivity contribution < 1.29 is 9.47 Å². The number of hydrogen-bond acceptors (Lipinski definition) is 5. The molecule has 0 radical (unpaired) electrons. The Morgan fingerprint density at radius 2 is 1.94 bits per heavy atom. The molecule has 2 rings (SSSR count). The minimum Gasteiger partial charge on any atom is -0.476 e. The minimum atomic E-state index is 0.224. The van der Waals surface area contributed by atoms with Gasteiger partial charge in [-0.25, -0.2) is 0 Å². The topological polar surface area (TPSA) is 70.3 Å². The van der Waals surface area contributed by atoms with E-state index in [4.69, 9.17) is 26.8 Å². The van der Waals surface area contributed by atoms with Gasteiger partial charge in [-0.15, -0.1) is 0 Å². The van der Waals surface area contributed by atoms with Crippen molar-refractivity contribution in [1.29, 1.82) is 0 Å². The van der Waals surface area contributed by atoms with Gasteiger partial charge in [-0.2, -0.15) is 9.97 Å². The number of hydrogen-bond donors (Lipinski definition) is 1. The summed E-state index contributed by atoms with van der Waals surface area (Å²) in [6.07, 6.45) is 1.33. The summed E-state index contributed by atoms with van der Waals surface area (Å²) in [5.41, 5.74) is 6.10. The molecule has 94 valence electrons. The van der Waals surface area contributed by atoms with E-state index in [2.05, 4.69) is 9.97 Å². The highest BCUT2D eigenvalue weighted by atomic mass is 35.5. The lowest BCUT2D eigenvalue weighted by Crippen LogP contribution is -2.03. The zero-order valence-corrected chi connectivity index (χ0v) is 10.5. The fourth-order valence-corrected chi connectivity index (χ4v) is 1.50. The molecular formula is C12H12ClN3O2. The van der Waals surface area contributed by atoms with Gasteiger partial charge in [-0.1, -0.05) is 23.7 Å². The van der Waals surface area contributed by atoms with E-state index in [0.717, 1.165) is 0 Å². The third-order valence-corrected chi connectivity index (χ3v) is 2.45. The van der Waals surface area contributed by atoms with Gasteiger partial charge in [0.25, 0.3) is 0 Å². The first-order valence-corrected chi connectivity index (χ1v) is 5.75. The van der Waals surface area contributed by atoms with Crippen LogP contribution in [0.5, 0.6) is 17.5 Å². The second kappa shape index (κ2) is 5.55. The van der Waals surface area contributed by atoms with Crippen molar-refractivity contribution in [1.82, 2.24) is 9.97 Å². The maximum atomic E-state index is 5.99. The average Bonchev–Trinajstić information content (AvgIpc) is 2.37. The molecule has 1 aromatic carbocycles. The van der Waals surface area contributed by atoms with Crippen LogP contribution < -0.4 is 15.2 Å². The fraction of sp³-hybridized carbons (Fsp3) is 0.167. The molecule has 0 saturated heterocycles. The van der Waals surface area contributed by atoms with Crippen LogP contribution >= 0.6 is 11.6 Å². The van der Waals surface area contributed by atoms with Gasteiger partial charge in [-0.05, 0) is 19.1 Å². The first-order valence-electron chi connectivity index (χ1n) is 5.38. The van der Waals surface area contributed by atoms with E-state index < -0.39 is 0 Å². The number of ether oxygens (including phenoxy) is 2. The van der Waals surface area contributed by atoms with Crippen LogP contribution in [0.1, 0.15) is 6.92 Å². The number of nitrogens with two attached hydrogens (primary N) is 1. The molecule has 18 heavy (non-hydrogen) atoms.